The molecule has 0 amide bonds. The Morgan fingerprint density at radius 1 is 1.53 bits per heavy atom. The van der Waals surface area contributed by atoms with Gasteiger partial charge in [0.25, 0.3) is 5.69 Å². The molecule has 0 radical (unpaired) electrons. The van der Waals surface area contributed by atoms with Crippen molar-refractivity contribution >= 4 is 22.2 Å². The molecule has 0 saturated heterocycles. The van der Waals surface area contributed by atoms with Crippen molar-refractivity contribution in [1.29, 1.82) is 0 Å². The molecule has 100 valence electrons. The van der Waals surface area contributed by atoms with Crippen molar-refractivity contribution in [2.24, 2.45) is 0 Å². The summed E-state index contributed by atoms with van der Waals surface area (Å²) in [5.41, 5.74) is 1.02. The molecule has 1 aromatic carbocycles. The monoisotopic (exact) mass is 278 g/mol. The number of benzene rings is 1. The van der Waals surface area contributed by atoms with E-state index >= 15 is 0 Å². The molecule has 0 aliphatic rings. The van der Waals surface area contributed by atoms with Crippen LogP contribution in [-0.4, -0.2) is 14.5 Å². The summed E-state index contributed by atoms with van der Waals surface area (Å²) in [6, 6.07) is 6.76. The zero-order chi connectivity index (χ0) is 13.7. The molecule has 1 heterocycles. The Labute approximate surface area is 114 Å². The van der Waals surface area contributed by atoms with E-state index in [2.05, 4.69) is 21.8 Å². The third-order valence-corrected chi connectivity index (χ3v) is 3.33. The number of nitro groups is 1. The number of nitrogens with one attached hydrogen (secondary N) is 1. The second-order valence-electron chi connectivity index (χ2n) is 4.12. The van der Waals surface area contributed by atoms with Gasteiger partial charge in [-0.15, -0.1) is 5.10 Å². The number of hydrogen-bond acceptors (Lipinski definition) is 6. The fraction of sp³-hybridized carbons (Fsp3) is 0.333. The van der Waals surface area contributed by atoms with Gasteiger partial charge >= 0.3 is 0 Å². The number of rotatable bonds is 6. The normalized spacial score (nSPS) is 12.1. The second-order valence-corrected chi connectivity index (χ2v) is 4.91. The van der Waals surface area contributed by atoms with Crippen LogP contribution in [0.2, 0.25) is 0 Å². The summed E-state index contributed by atoms with van der Waals surface area (Å²) < 4.78 is 3.80. The van der Waals surface area contributed by atoms with E-state index in [1.165, 1.54) is 17.6 Å². The predicted molar refractivity (Wildman–Crippen MR) is 74.3 cm³/mol. The largest absolute Gasteiger partial charge is 0.368 e. The van der Waals surface area contributed by atoms with Crippen molar-refractivity contribution in [3.05, 3.63) is 46.1 Å². The summed E-state index contributed by atoms with van der Waals surface area (Å²) in [5.74, 6) is 0. The Balaban J connectivity index is 2.22. The molecule has 0 bridgehead atoms. The fourth-order valence-electron chi connectivity index (χ4n) is 1.87. The van der Waals surface area contributed by atoms with E-state index in [0.29, 0.717) is 0 Å². The van der Waals surface area contributed by atoms with Crippen molar-refractivity contribution in [2.45, 2.75) is 25.8 Å². The molecule has 2 rings (SSSR count). The van der Waals surface area contributed by atoms with Gasteiger partial charge in [-0.2, -0.15) is 0 Å². The second kappa shape index (κ2) is 6.24. The predicted octanol–water partition coefficient (Wildman–Crippen LogP) is 3.40. The van der Waals surface area contributed by atoms with Gasteiger partial charge in [0.2, 0.25) is 0 Å². The first-order chi connectivity index (χ1) is 9.20. The van der Waals surface area contributed by atoms with Crippen LogP contribution in [0.15, 0.2) is 30.5 Å². The molecule has 0 saturated carbocycles. The van der Waals surface area contributed by atoms with Gasteiger partial charge in [0, 0.05) is 23.7 Å². The number of hydrogen-bond donors (Lipinski definition) is 1. The molecule has 19 heavy (non-hydrogen) atoms. The zero-order valence-corrected chi connectivity index (χ0v) is 11.3. The van der Waals surface area contributed by atoms with E-state index < -0.39 is 0 Å². The molecule has 0 aliphatic heterocycles. The van der Waals surface area contributed by atoms with Gasteiger partial charge in [0.15, 0.2) is 0 Å². The average Bonchev–Trinajstić information content (AvgIpc) is 2.91. The maximum absolute atomic E-state index is 10.8. The van der Waals surface area contributed by atoms with E-state index in [-0.39, 0.29) is 16.7 Å². The fourth-order valence-corrected chi connectivity index (χ4v) is 2.34. The molecule has 1 N–H and O–H groups in total. The first-order valence-electron chi connectivity index (χ1n) is 5.99. The highest BCUT2D eigenvalue weighted by Crippen LogP contribution is 2.27. The Hall–Kier alpha value is -2.02. The number of anilines is 1. The van der Waals surface area contributed by atoms with Crippen LogP contribution in [0.3, 0.4) is 0 Å². The van der Waals surface area contributed by atoms with E-state index in [9.17, 15) is 10.1 Å². The molecule has 6 nitrogen and oxygen atoms in total. The molecule has 2 aromatic rings. The van der Waals surface area contributed by atoms with Crippen LogP contribution in [0.25, 0.3) is 0 Å². The minimum Gasteiger partial charge on any atom is -0.368 e. The Morgan fingerprint density at radius 3 is 3.00 bits per heavy atom. The highest BCUT2D eigenvalue weighted by Gasteiger charge is 2.15. The van der Waals surface area contributed by atoms with Crippen LogP contribution < -0.4 is 5.32 Å². The van der Waals surface area contributed by atoms with Crippen LogP contribution in [-0.2, 0) is 0 Å². The van der Waals surface area contributed by atoms with Crippen LogP contribution >= 0.6 is 11.5 Å². The van der Waals surface area contributed by atoms with Gasteiger partial charge in [-0.1, -0.05) is 30.0 Å². The first-order valence-corrected chi connectivity index (χ1v) is 6.76. The number of nitrogens with zero attached hydrogens (tertiary/aromatic N) is 3. The van der Waals surface area contributed by atoms with E-state index in [4.69, 9.17) is 0 Å². The lowest BCUT2D eigenvalue weighted by atomic mass is 10.0. The minimum absolute atomic E-state index is 0.0344. The molecule has 1 unspecified atom stereocenters. The lowest BCUT2D eigenvalue weighted by Crippen LogP contribution is -2.10. The molecule has 0 fully saturated rings. The van der Waals surface area contributed by atoms with Gasteiger partial charge in [0.05, 0.1) is 17.2 Å². The molecular weight excluding hydrogens is 264 g/mol. The molecule has 1 aromatic heterocycles. The Morgan fingerprint density at radius 2 is 2.37 bits per heavy atom. The topological polar surface area (TPSA) is 81.0 Å². The lowest BCUT2D eigenvalue weighted by Gasteiger charge is -2.17. The number of non-ortho nitro benzene ring substituents is 1. The average molecular weight is 278 g/mol. The van der Waals surface area contributed by atoms with Crippen LogP contribution in [0.5, 0.6) is 0 Å². The standard InChI is InChI=1S/C12H14N4O2S/c1-2-4-11(14-12-8-13-15-19-12)9-5-3-6-10(7-9)16(17)18/h3,5-8,11,14H,2,4H2,1H3. The number of nitro benzene ring substituents is 1. The zero-order valence-electron chi connectivity index (χ0n) is 10.4. The summed E-state index contributed by atoms with van der Waals surface area (Å²) in [7, 11) is 0. The van der Waals surface area contributed by atoms with Crippen LogP contribution in [0.1, 0.15) is 31.4 Å². The quantitative estimate of drug-likeness (QED) is 0.647. The van der Waals surface area contributed by atoms with Gasteiger partial charge in [-0.05, 0) is 12.0 Å². The van der Waals surface area contributed by atoms with Gasteiger partial charge in [-0.3, -0.25) is 10.1 Å². The van der Waals surface area contributed by atoms with E-state index in [1.54, 1.807) is 18.3 Å². The van der Waals surface area contributed by atoms with Crippen molar-refractivity contribution in [2.75, 3.05) is 5.32 Å². The van der Waals surface area contributed by atoms with Gasteiger partial charge in [0.1, 0.15) is 5.00 Å². The van der Waals surface area contributed by atoms with Crippen molar-refractivity contribution in [3.8, 4) is 0 Å². The molecular formula is C12H14N4O2S. The third-order valence-electron chi connectivity index (χ3n) is 2.74. The SMILES string of the molecule is CCCC(Nc1cnns1)c1cccc([N+](=O)[O-])c1. The highest BCUT2D eigenvalue weighted by molar-refractivity contribution is 7.09. The summed E-state index contributed by atoms with van der Waals surface area (Å²) in [5, 5.41) is 18.8. The van der Waals surface area contributed by atoms with Gasteiger partial charge < -0.3 is 5.32 Å². The third kappa shape index (κ3) is 3.47. The maximum atomic E-state index is 10.8. The smallest absolute Gasteiger partial charge is 0.269 e. The van der Waals surface area contributed by atoms with Crippen molar-refractivity contribution < 1.29 is 4.92 Å². The van der Waals surface area contributed by atoms with E-state index in [1.807, 2.05) is 6.07 Å². The Bertz CT molecular complexity index is 544. The highest BCUT2D eigenvalue weighted by atomic mass is 32.1. The summed E-state index contributed by atoms with van der Waals surface area (Å²) >= 11 is 1.28. The van der Waals surface area contributed by atoms with E-state index in [0.717, 1.165) is 23.4 Å². The summed E-state index contributed by atoms with van der Waals surface area (Å²) in [4.78, 5) is 10.4. The molecule has 0 aliphatic carbocycles. The van der Waals surface area contributed by atoms with Crippen LogP contribution in [0, 0.1) is 10.1 Å². The number of aromatic nitrogens is 2. The van der Waals surface area contributed by atoms with Crippen LogP contribution in [0.4, 0.5) is 10.7 Å². The maximum Gasteiger partial charge on any atom is 0.269 e. The minimum atomic E-state index is -0.374. The lowest BCUT2D eigenvalue weighted by molar-refractivity contribution is -0.384. The van der Waals surface area contributed by atoms with Crippen molar-refractivity contribution in [1.82, 2.24) is 9.59 Å². The first kappa shape index (κ1) is 13.4. The Kier molecular flexibility index (Phi) is 4.40. The van der Waals surface area contributed by atoms with Gasteiger partial charge in [-0.25, -0.2) is 0 Å². The molecule has 7 heteroatoms. The molecule has 0 spiro atoms. The summed E-state index contributed by atoms with van der Waals surface area (Å²) in [6.45, 7) is 2.08. The molecule has 1 atom stereocenters. The summed E-state index contributed by atoms with van der Waals surface area (Å²) in [6.07, 6.45) is 3.52. The van der Waals surface area contributed by atoms with Crippen molar-refractivity contribution in [3.63, 3.8) is 0 Å².